The van der Waals surface area contributed by atoms with Crippen LogP contribution in [0.4, 0.5) is 4.79 Å². The van der Waals surface area contributed by atoms with E-state index in [1.54, 1.807) is 20.8 Å². The van der Waals surface area contributed by atoms with E-state index in [-0.39, 0.29) is 12.0 Å². The molecule has 0 unspecified atom stereocenters. The number of alkyl carbamates (subject to hydrolysis) is 1. The van der Waals surface area contributed by atoms with Gasteiger partial charge >= 0.3 is 18.0 Å². The first kappa shape index (κ1) is 22.4. The second kappa shape index (κ2) is 10.5. The molecule has 0 radical (unpaired) electrons. The van der Waals surface area contributed by atoms with Crippen molar-refractivity contribution in [3.63, 3.8) is 0 Å². The Balaban J connectivity index is 2.49. The minimum Gasteiger partial charge on any atom is -0.481 e. The second-order valence-electron chi connectivity index (χ2n) is 7.06. The lowest BCUT2D eigenvalue weighted by molar-refractivity contribution is -0.137. The van der Waals surface area contributed by atoms with Crippen LogP contribution < -0.4 is 5.32 Å². The largest absolute Gasteiger partial charge is 0.481 e. The summed E-state index contributed by atoms with van der Waals surface area (Å²) in [6.45, 7) is 7.71. The van der Waals surface area contributed by atoms with Gasteiger partial charge in [-0.3, -0.25) is 14.4 Å². The van der Waals surface area contributed by atoms with Gasteiger partial charge in [0, 0.05) is 32.3 Å². The Kier molecular flexibility index (Phi) is 8.73. The van der Waals surface area contributed by atoms with Crippen LogP contribution in [0.5, 0.6) is 0 Å². The zero-order valence-corrected chi connectivity index (χ0v) is 16.0. The van der Waals surface area contributed by atoms with Gasteiger partial charge in [-0.2, -0.15) is 5.10 Å². The Morgan fingerprint density at radius 2 is 1.93 bits per heavy atom. The van der Waals surface area contributed by atoms with E-state index >= 15 is 0 Å². The van der Waals surface area contributed by atoms with Crippen LogP contribution in [-0.2, 0) is 16.1 Å². The number of rotatable bonds is 11. The van der Waals surface area contributed by atoms with Crippen LogP contribution in [0.2, 0.25) is 0 Å². The molecule has 3 N–H and O–H groups in total. The molecule has 10 heteroatoms. The van der Waals surface area contributed by atoms with E-state index in [1.165, 1.54) is 17.1 Å². The predicted octanol–water partition coefficient (Wildman–Crippen LogP) is 1.27. The molecule has 0 fully saturated rings. The lowest BCUT2D eigenvalue weighted by Crippen LogP contribution is -2.39. The van der Waals surface area contributed by atoms with Crippen molar-refractivity contribution in [1.82, 2.24) is 20.0 Å². The average Bonchev–Trinajstić information content (AvgIpc) is 2.99. The topological polar surface area (TPSA) is 134 Å². The van der Waals surface area contributed by atoms with E-state index in [1.807, 2.05) is 4.90 Å². The number of hydrogen-bond donors (Lipinski definition) is 3. The molecule has 1 heterocycles. The number of carbonyl (C=O) groups excluding carboxylic acids is 1. The van der Waals surface area contributed by atoms with E-state index in [2.05, 4.69) is 10.4 Å². The number of aromatic nitrogens is 2. The lowest BCUT2D eigenvalue weighted by atomic mass is 10.2. The fourth-order valence-electron chi connectivity index (χ4n) is 2.26. The van der Waals surface area contributed by atoms with E-state index in [9.17, 15) is 14.4 Å². The highest BCUT2D eigenvalue weighted by Crippen LogP contribution is 2.06. The third-order valence-corrected chi connectivity index (χ3v) is 3.49. The standard InChI is InChI=1S/C17H28N4O6/c1-17(2,3)27-16(26)18-6-8-20(7-4-5-14(22)23)9-10-21-12-13(11-19-21)15(24)25/h11-12H,4-10H2,1-3H3,(H,18,26)(H,22,23)(H,24,25). The van der Waals surface area contributed by atoms with Crippen molar-refractivity contribution in [2.45, 2.75) is 45.8 Å². The second-order valence-corrected chi connectivity index (χ2v) is 7.06. The van der Waals surface area contributed by atoms with E-state index in [4.69, 9.17) is 14.9 Å². The quantitative estimate of drug-likeness (QED) is 0.519. The van der Waals surface area contributed by atoms with E-state index < -0.39 is 23.6 Å². The number of nitrogens with one attached hydrogen (secondary N) is 1. The molecule has 0 atom stereocenters. The molecule has 1 aromatic heterocycles. The molecule has 0 bridgehead atoms. The maximum Gasteiger partial charge on any atom is 0.407 e. The minimum absolute atomic E-state index is 0.0565. The molecule has 0 aromatic carbocycles. The van der Waals surface area contributed by atoms with Gasteiger partial charge < -0.3 is 20.3 Å². The third kappa shape index (κ3) is 10.2. The van der Waals surface area contributed by atoms with Crippen molar-refractivity contribution < 1.29 is 29.3 Å². The van der Waals surface area contributed by atoms with Gasteiger partial charge in [-0.15, -0.1) is 0 Å². The summed E-state index contributed by atoms with van der Waals surface area (Å²) >= 11 is 0. The maximum atomic E-state index is 11.7. The summed E-state index contributed by atoms with van der Waals surface area (Å²) in [6.07, 6.45) is 2.74. The first-order valence-corrected chi connectivity index (χ1v) is 8.73. The van der Waals surface area contributed by atoms with Gasteiger partial charge in [-0.25, -0.2) is 9.59 Å². The van der Waals surface area contributed by atoms with Crippen LogP contribution in [0.15, 0.2) is 12.4 Å². The summed E-state index contributed by atoms with van der Waals surface area (Å²) in [5.41, 5.74) is -0.466. The summed E-state index contributed by atoms with van der Waals surface area (Å²) in [5.74, 6) is -1.90. The Bertz CT molecular complexity index is 638. The summed E-state index contributed by atoms with van der Waals surface area (Å²) in [5, 5.41) is 24.4. The van der Waals surface area contributed by atoms with Crippen LogP contribution in [0.3, 0.4) is 0 Å². The summed E-state index contributed by atoms with van der Waals surface area (Å²) in [7, 11) is 0. The van der Waals surface area contributed by atoms with Gasteiger partial charge in [0.2, 0.25) is 0 Å². The lowest BCUT2D eigenvalue weighted by Gasteiger charge is -2.23. The van der Waals surface area contributed by atoms with E-state index in [0.29, 0.717) is 39.1 Å². The molecule has 10 nitrogen and oxygen atoms in total. The van der Waals surface area contributed by atoms with Crippen LogP contribution in [0.25, 0.3) is 0 Å². The minimum atomic E-state index is -1.04. The number of aliphatic carboxylic acids is 1. The normalized spacial score (nSPS) is 11.4. The first-order chi connectivity index (χ1) is 12.6. The zero-order chi connectivity index (χ0) is 20.4. The molecule has 0 aliphatic heterocycles. The van der Waals surface area contributed by atoms with E-state index in [0.717, 1.165) is 0 Å². The number of ether oxygens (including phenoxy) is 1. The van der Waals surface area contributed by atoms with Gasteiger partial charge in [-0.05, 0) is 33.7 Å². The highest BCUT2D eigenvalue weighted by molar-refractivity contribution is 5.86. The van der Waals surface area contributed by atoms with Gasteiger partial charge in [-0.1, -0.05) is 0 Å². The fourth-order valence-corrected chi connectivity index (χ4v) is 2.26. The maximum absolute atomic E-state index is 11.7. The molecule has 0 saturated carbocycles. The smallest absolute Gasteiger partial charge is 0.407 e. The van der Waals surface area contributed by atoms with Crippen LogP contribution in [0.1, 0.15) is 44.0 Å². The average molecular weight is 384 g/mol. The van der Waals surface area contributed by atoms with Crippen LogP contribution >= 0.6 is 0 Å². The van der Waals surface area contributed by atoms with Crippen molar-refractivity contribution in [3.05, 3.63) is 18.0 Å². The highest BCUT2D eigenvalue weighted by atomic mass is 16.6. The Labute approximate surface area is 158 Å². The monoisotopic (exact) mass is 384 g/mol. The summed E-state index contributed by atoms with van der Waals surface area (Å²) in [4.78, 5) is 35.3. The molecule has 1 amide bonds. The predicted molar refractivity (Wildman–Crippen MR) is 96.7 cm³/mol. The summed E-state index contributed by atoms with van der Waals surface area (Å²) < 4.78 is 6.69. The molecular formula is C17H28N4O6. The molecule has 1 aromatic rings. The number of amides is 1. The number of carboxylic acids is 2. The first-order valence-electron chi connectivity index (χ1n) is 8.73. The number of nitrogens with zero attached hydrogens (tertiary/aromatic N) is 3. The molecule has 152 valence electrons. The number of carbonyl (C=O) groups is 3. The SMILES string of the molecule is CC(C)(C)OC(=O)NCCN(CCCC(=O)O)CCn1cc(C(=O)O)cn1. The van der Waals surface area contributed by atoms with Gasteiger partial charge in [0.1, 0.15) is 5.60 Å². The van der Waals surface area contributed by atoms with Crippen LogP contribution in [0, 0.1) is 0 Å². The molecule has 0 aliphatic rings. The Morgan fingerprint density at radius 1 is 1.22 bits per heavy atom. The van der Waals surface area contributed by atoms with Gasteiger partial charge in [0.15, 0.2) is 0 Å². The number of carboxylic acid groups (broad SMARTS) is 2. The zero-order valence-electron chi connectivity index (χ0n) is 16.0. The number of hydrogen-bond acceptors (Lipinski definition) is 6. The van der Waals surface area contributed by atoms with Crippen LogP contribution in [-0.4, -0.2) is 74.7 Å². The van der Waals surface area contributed by atoms with Gasteiger partial charge in [0.25, 0.3) is 0 Å². The third-order valence-electron chi connectivity index (χ3n) is 3.49. The Morgan fingerprint density at radius 3 is 2.48 bits per heavy atom. The Hall–Kier alpha value is -2.62. The van der Waals surface area contributed by atoms with Crippen molar-refractivity contribution >= 4 is 18.0 Å². The molecule has 27 heavy (non-hydrogen) atoms. The highest BCUT2D eigenvalue weighted by Gasteiger charge is 2.16. The van der Waals surface area contributed by atoms with Crippen molar-refractivity contribution in [2.24, 2.45) is 0 Å². The molecule has 1 rings (SSSR count). The molecule has 0 aliphatic carbocycles. The molecular weight excluding hydrogens is 356 g/mol. The van der Waals surface area contributed by atoms with Crippen molar-refractivity contribution in [3.8, 4) is 0 Å². The summed E-state index contributed by atoms with van der Waals surface area (Å²) in [6, 6.07) is 0. The van der Waals surface area contributed by atoms with Gasteiger partial charge in [0.05, 0.1) is 18.3 Å². The molecule has 0 saturated heterocycles. The van der Waals surface area contributed by atoms with Crippen molar-refractivity contribution in [1.29, 1.82) is 0 Å². The molecule has 0 spiro atoms. The number of aromatic carboxylic acids is 1. The fraction of sp³-hybridized carbons (Fsp3) is 0.647. The van der Waals surface area contributed by atoms with Crippen molar-refractivity contribution in [2.75, 3.05) is 26.2 Å².